The predicted octanol–water partition coefficient (Wildman–Crippen LogP) is 1.53. The average Bonchev–Trinajstić information content (AvgIpc) is 2.32. The Morgan fingerprint density at radius 3 is 1.84 bits per heavy atom. The minimum Gasteiger partial charge on any atom is -0.478 e. The fourth-order valence-corrected chi connectivity index (χ4v) is 1.48. The highest BCUT2D eigenvalue weighted by Crippen LogP contribution is 2.26. The Balaban J connectivity index is 3.63. The van der Waals surface area contributed by atoms with Crippen molar-refractivity contribution in [2.45, 2.75) is 6.42 Å². The molecule has 0 aliphatic heterocycles. The highest BCUT2D eigenvalue weighted by atomic mass is 19.2. The van der Waals surface area contributed by atoms with E-state index in [1.165, 1.54) is 0 Å². The summed E-state index contributed by atoms with van der Waals surface area (Å²) in [6.07, 6.45) is -0.675. The first-order valence-electron chi connectivity index (χ1n) is 4.75. The normalized spacial score (nSPS) is 10.5. The number of hydrogen-bond donors (Lipinski definition) is 3. The summed E-state index contributed by atoms with van der Waals surface area (Å²) < 4.78 is 40.6. The van der Waals surface area contributed by atoms with E-state index < -0.39 is 59.1 Å². The van der Waals surface area contributed by atoms with Crippen LogP contribution < -0.4 is 0 Å². The molecule has 3 N–H and O–H groups in total. The molecular formula is C10H7F3O6. The maximum Gasteiger partial charge on any atom is 0.339 e. The van der Waals surface area contributed by atoms with Gasteiger partial charge in [-0.2, -0.15) is 0 Å². The van der Waals surface area contributed by atoms with Crippen LogP contribution in [0, 0.1) is 17.5 Å². The van der Waals surface area contributed by atoms with Crippen LogP contribution in [-0.4, -0.2) is 34.0 Å². The minimum absolute atomic E-state index is 0.626. The average molecular weight is 280 g/mol. The standard InChI is InChI=1S/C10H7F3O6/c11-6-3(1-2-19-18)7(12)8(13)5(10(16)17)4(6)9(14)15/h18H,1-2H2,(H,14,15)(H,16,17). The van der Waals surface area contributed by atoms with Crippen molar-refractivity contribution in [3.63, 3.8) is 0 Å². The van der Waals surface area contributed by atoms with Gasteiger partial charge in [-0.15, -0.1) is 0 Å². The molecule has 19 heavy (non-hydrogen) atoms. The molecule has 0 spiro atoms. The molecule has 0 radical (unpaired) electrons. The quantitative estimate of drug-likeness (QED) is 0.429. The van der Waals surface area contributed by atoms with Gasteiger partial charge in [-0.25, -0.2) is 27.6 Å². The molecule has 0 heterocycles. The van der Waals surface area contributed by atoms with Gasteiger partial charge in [0.1, 0.15) is 16.9 Å². The van der Waals surface area contributed by atoms with Crippen molar-refractivity contribution >= 4 is 11.9 Å². The van der Waals surface area contributed by atoms with Crippen molar-refractivity contribution in [1.82, 2.24) is 0 Å². The Morgan fingerprint density at radius 2 is 1.42 bits per heavy atom. The van der Waals surface area contributed by atoms with Gasteiger partial charge in [-0.1, -0.05) is 0 Å². The van der Waals surface area contributed by atoms with Gasteiger partial charge in [0, 0.05) is 12.0 Å². The van der Waals surface area contributed by atoms with Gasteiger partial charge in [0.15, 0.2) is 11.6 Å². The molecule has 0 saturated heterocycles. The van der Waals surface area contributed by atoms with E-state index in [0.717, 1.165) is 0 Å². The summed E-state index contributed by atoms with van der Waals surface area (Å²) in [5, 5.41) is 25.3. The SMILES string of the molecule is O=C(O)c1c(F)c(F)c(CCOO)c(F)c1C(=O)O. The third kappa shape index (κ3) is 2.66. The van der Waals surface area contributed by atoms with Crippen LogP contribution in [0.2, 0.25) is 0 Å². The van der Waals surface area contributed by atoms with Gasteiger partial charge >= 0.3 is 11.9 Å². The lowest BCUT2D eigenvalue weighted by molar-refractivity contribution is -0.241. The molecule has 0 atom stereocenters. The smallest absolute Gasteiger partial charge is 0.339 e. The molecule has 0 unspecified atom stereocenters. The summed E-state index contributed by atoms with van der Waals surface area (Å²) in [5.41, 5.74) is -4.11. The molecule has 0 aliphatic carbocycles. The molecule has 1 rings (SSSR count). The highest BCUT2D eigenvalue weighted by Gasteiger charge is 2.31. The maximum absolute atomic E-state index is 13.7. The van der Waals surface area contributed by atoms with Crippen molar-refractivity contribution in [2.24, 2.45) is 0 Å². The van der Waals surface area contributed by atoms with E-state index in [0.29, 0.717) is 0 Å². The topological polar surface area (TPSA) is 104 Å². The largest absolute Gasteiger partial charge is 0.478 e. The molecule has 6 nitrogen and oxygen atoms in total. The third-order valence-electron chi connectivity index (χ3n) is 2.28. The van der Waals surface area contributed by atoms with Crippen molar-refractivity contribution in [1.29, 1.82) is 0 Å². The van der Waals surface area contributed by atoms with E-state index in [1.54, 1.807) is 0 Å². The number of halogens is 3. The van der Waals surface area contributed by atoms with Crippen molar-refractivity contribution in [3.8, 4) is 0 Å². The van der Waals surface area contributed by atoms with Crippen molar-refractivity contribution in [3.05, 3.63) is 34.1 Å². The van der Waals surface area contributed by atoms with Gasteiger partial charge in [0.25, 0.3) is 0 Å². The highest BCUT2D eigenvalue weighted by molar-refractivity contribution is 6.02. The number of aromatic carboxylic acids is 2. The fraction of sp³-hybridized carbons (Fsp3) is 0.200. The van der Waals surface area contributed by atoms with E-state index in [2.05, 4.69) is 4.89 Å². The zero-order chi connectivity index (χ0) is 14.7. The van der Waals surface area contributed by atoms with Crippen molar-refractivity contribution in [2.75, 3.05) is 6.61 Å². The molecule has 0 bridgehead atoms. The molecule has 0 saturated carbocycles. The Bertz CT molecular complexity index is 543. The molecule has 0 aliphatic rings. The lowest BCUT2D eigenvalue weighted by Gasteiger charge is -2.11. The Hall–Kier alpha value is -2.13. The first-order valence-corrected chi connectivity index (χ1v) is 4.75. The molecule has 9 heteroatoms. The Labute approximate surface area is 103 Å². The summed E-state index contributed by atoms with van der Waals surface area (Å²) in [6.45, 7) is -0.626. The summed E-state index contributed by atoms with van der Waals surface area (Å²) in [5.74, 6) is -9.71. The van der Waals surface area contributed by atoms with Crippen LogP contribution >= 0.6 is 0 Å². The minimum atomic E-state index is -2.11. The lowest BCUT2D eigenvalue weighted by atomic mass is 9.99. The van der Waals surface area contributed by atoms with Crippen molar-refractivity contribution < 1.29 is 43.1 Å². The zero-order valence-corrected chi connectivity index (χ0v) is 9.11. The van der Waals surface area contributed by atoms with Crippen LogP contribution in [0.4, 0.5) is 13.2 Å². The monoisotopic (exact) mass is 280 g/mol. The van der Waals surface area contributed by atoms with Crippen LogP contribution in [0.15, 0.2) is 0 Å². The molecule has 1 aromatic carbocycles. The molecule has 0 amide bonds. The molecule has 0 fully saturated rings. The fourth-order valence-electron chi connectivity index (χ4n) is 1.48. The van der Waals surface area contributed by atoms with Gasteiger partial charge in [-0.05, 0) is 0 Å². The number of carboxylic acids is 2. The maximum atomic E-state index is 13.7. The van der Waals surface area contributed by atoms with E-state index in [4.69, 9.17) is 15.5 Å². The van der Waals surface area contributed by atoms with Gasteiger partial charge in [0.2, 0.25) is 0 Å². The number of hydrogen-bond acceptors (Lipinski definition) is 4. The van der Waals surface area contributed by atoms with E-state index in [1.807, 2.05) is 0 Å². The number of benzene rings is 1. The first kappa shape index (κ1) is 14.9. The second-order valence-electron chi connectivity index (χ2n) is 3.36. The van der Waals surface area contributed by atoms with E-state index >= 15 is 0 Å². The Morgan fingerprint density at radius 1 is 0.947 bits per heavy atom. The lowest BCUT2D eigenvalue weighted by Crippen LogP contribution is -2.18. The van der Waals surface area contributed by atoms with E-state index in [-0.39, 0.29) is 0 Å². The summed E-state index contributed by atoms with van der Waals surface area (Å²) in [4.78, 5) is 25.0. The van der Waals surface area contributed by atoms with Gasteiger partial charge < -0.3 is 10.2 Å². The van der Waals surface area contributed by atoms with E-state index in [9.17, 15) is 22.8 Å². The molecule has 0 aromatic heterocycles. The third-order valence-corrected chi connectivity index (χ3v) is 2.28. The molecule has 1 aromatic rings. The predicted molar refractivity (Wildman–Crippen MR) is 52.5 cm³/mol. The van der Waals surface area contributed by atoms with Crippen LogP contribution in [0.3, 0.4) is 0 Å². The van der Waals surface area contributed by atoms with Gasteiger partial charge in [-0.3, -0.25) is 5.26 Å². The second kappa shape index (κ2) is 5.67. The molecule has 104 valence electrons. The molecular weight excluding hydrogens is 273 g/mol. The summed E-state index contributed by atoms with van der Waals surface area (Å²) >= 11 is 0. The van der Waals surface area contributed by atoms with Crippen LogP contribution in [-0.2, 0) is 11.3 Å². The first-order chi connectivity index (χ1) is 8.82. The van der Waals surface area contributed by atoms with Gasteiger partial charge in [0.05, 0.1) is 6.61 Å². The van der Waals surface area contributed by atoms with Crippen LogP contribution in [0.25, 0.3) is 0 Å². The van der Waals surface area contributed by atoms with Crippen LogP contribution in [0.5, 0.6) is 0 Å². The van der Waals surface area contributed by atoms with Crippen LogP contribution in [0.1, 0.15) is 26.3 Å². The number of carboxylic acid groups (broad SMARTS) is 2. The summed E-state index contributed by atoms with van der Waals surface area (Å²) in [6, 6.07) is 0. The second-order valence-corrected chi connectivity index (χ2v) is 3.36. The zero-order valence-electron chi connectivity index (χ0n) is 9.11. The number of carbonyl (C=O) groups is 2. The summed E-state index contributed by atoms with van der Waals surface area (Å²) in [7, 11) is 0. The number of rotatable bonds is 5. The Kier molecular flexibility index (Phi) is 4.46.